The van der Waals surface area contributed by atoms with Gasteiger partial charge in [0, 0.05) is 35.1 Å². The number of aromatic hydroxyl groups is 5. The van der Waals surface area contributed by atoms with Gasteiger partial charge in [-0.25, -0.2) is 0 Å². The number of hydrogen-bond acceptors (Lipinski definition) is 17. The highest BCUT2D eigenvalue weighted by molar-refractivity contribution is 5.75. The number of benzene rings is 4. The van der Waals surface area contributed by atoms with Crippen molar-refractivity contribution in [3.63, 3.8) is 0 Å². The van der Waals surface area contributed by atoms with Gasteiger partial charge in [-0.15, -0.1) is 0 Å². The quantitative estimate of drug-likeness (QED) is 0.0899. The Morgan fingerprint density at radius 2 is 1.28 bits per heavy atom. The molecule has 2 aliphatic heterocycles. The van der Waals surface area contributed by atoms with E-state index >= 15 is 0 Å². The number of aliphatic hydroxyl groups excluding tert-OH is 9. The Kier molecular flexibility index (Phi) is 12.6. The smallest absolute Gasteiger partial charge is 0.229 e. The van der Waals surface area contributed by atoms with Gasteiger partial charge in [-0.3, -0.25) is 0 Å². The first-order valence-corrected chi connectivity index (χ1v) is 17.8. The fourth-order valence-electron chi connectivity index (χ4n) is 7.23. The number of aliphatic hydroxyl groups is 9. The normalized spacial score (nSPS) is 28.9. The van der Waals surface area contributed by atoms with E-state index in [0.29, 0.717) is 5.56 Å². The molecule has 12 unspecified atom stereocenters. The third-order valence-electron chi connectivity index (χ3n) is 10.2. The molecule has 0 aliphatic carbocycles. The zero-order chi connectivity index (χ0) is 41.3. The van der Waals surface area contributed by atoms with E-state index in [1.54, 1.807) is 18.2 Å². The van der Waals surface area contributed by atoms with Crippen molar-refractivity contribution in [1.82, 2.24) is 0 Å². The van der Waals surface area contributed by atoms with E-state index in [2.05, 4.69) is 0 Å². The van der Waals surface area contributed by atoms with E-state index in [-0.39, 0.29) is 45.1 Å². The minimum absolute atomic E-state index is 0.0129. The van der Waals surface area contributed by atoms with Crippen molar-refractivity contribution in [2.45, 2.75) is 67.3 Å². The molecule has 0 radical (unpaired) electrons. The Bertz CT molecular complexity index is 2020. The van der Waals surface area contributed by atoms with Crippen LogP contribution in [0.3, 0.4) is 0 Å². The average Bonchev–Trinajstić information content (AvgIpc) is 3.18. The van der Waals surface area contributed by atoms with Gasteiger partial charge in [0.15, 0.2) is 6.29 Å². The van der Waals surface area contributed by atoms with Gasteiger partial charge in [0.1, 0.15) is 65.0 Å². The molecule has 17 nitrogen and oxygen atoms in total. The van der Waals surface area contributed by atoms with Crippen LogP contribution in [0.1, 0.15) is 51.5 Å². The second-order valence-corrected chi connectivity index (χ2v) is 13.9. The zero-order valence-corrected chi connectivity index (χ0v) is 29.9. The summed E-state index contributed by atoms with van der Waals surface area (Å²) in [6.45, 7) is -1.56. The van der Waals surface area contributed by atoms with Crippen LogP contribution in [0.5, 0.6) is 34.5 Å². The third-order valence-corrected chi connectivity index (χ3v) is 10.2. The third kappa shape index (κ3) is 8.50. The summed E-state index contributed by atoms with van der Waals surface area (Å²) in [6.07, 6.45) is -14.2. The van der Waals surface area contributed by atoms with Crippen LogP contribution in [-0.4, -0.2) is 134 Å². The maximum absolute atomic E-state index is 12.5. The Labute approximate surface area is 324 Å². The number of phenolic OH excluding ortho intramolecular Hbond substituents is 5. The predicted molar refractivity (Wildman–Crippen MR) is 197 cm³/mol. The average molecular weight is 797 g/mol. The minimum atomic E-state index is -2.00. The second kappa shape index (κ2) is 17.2. The first kappa shape index (κ1) is 41.6. The van der Waals surface area contributed by atoms with Crippen molar-refractivity contribution in [1.29, 1.82) is 0 Å². The molecule has 57 heavy (non-hydrogen) atoms. The zero-order valence-electron chi connectivity index (χ0n) is 29.9. The Hall–Kier alpha value is -5.02. The summed E-state index contributed by atoms with van der Waals surface area (Å²) in [6, 6.07) is 15.9. The SMILES string of the molecule is OCC1OC(Oc2cc(O)c(C(c3ccc(O)cc3)C(O)c3cc(O)cc(O)c3C3OC(O)C(O)C(O)C3CO)c(C=Cc3ccc(O)cc3)c2)C(O)C(O)C1O. The Morgan fingerprint density at radius 3 is 1.91 bits per heavy atom. The van der Waals surface area contributed by atoms with Crippen molar-refractivity contribution in [2.75, 3.05) is 13.2 Å². The van der Waals surface area contributed by atoms with Crippen LogP contribution in [0.4, 0.5) is 0 Å². The van der Waals surface area contributed by atoms with Gasteiger partial charge in [0.05, 0.1) is 31.5 Å². The van der Waals surface area contributed by atoms with E-state index in [1.807, 2.05) is 0 Å². The molecule has 0 bridgehead atoms. The molecule has 14 N–H and O–H groups in total. The summed E-state index contributed by atoms with van der Waals surface area (Å²) < 4.78 is 16.9. The molecule has 2 heterocycles. The predicted octanol–water partition coefficient (Wildman–Crippen LogP) is 0.149. The lowest BCUT2D eigenvalue weighted by Gasteiger charge is -2.41. The fraction of sp³-hybridized carbons (Fsp3) is 0.350. The number of ether oxygens (including phenoxy) is 3. The van der Waals surface area contributed by atoms with Crippen LogP contribution in [0.2, 0.25) is 0 Å². The number of hydrogen-bond donors (Lipinski definition) is 14. The first-order chi connectivity index (χ1) is 27.1. The number of phenols is 5. The first-order valence-electron chi connectivity index (χ1n) is 17.8. The van der Waals surface area contributed by atoms with Crippen LogP contribution in [-0.2, 0) is 9.47 Å². The molecule has 0 amide bonds. The van der Waals surface area contributed by atoms with Crippen molar-refractivity contribution in [3.05, 3.63) is 106 Å². The summed E-state index contributed by atoms with van der Waals surface area (Å²) in [7, 11) is 0. The molecule has 4 aromatic rings. The summed E-state index contributed by atoms with van der Waals surface area (Å²) >= 11 is 0. The molecular weight excluding hydrogens is 752 g/mol. The second-order valence-electron chi connectivity index (χ2n) is 13.9. The highest BCUT2D eigenvalue weighted by atomic mass is 16.7. The minimum Gasteiger partial charge on any atom is -0.508 e. The Balaban J connectivity index is 1.54. The Morgan fingerprint density at radius 1 is 0.632 bits per heavy atom. The van der Waals surface area contributed by atoms with Crippen molar-refractivity contribution >= 4 is 12.2 Å². The van der Waals surface area contributed by atoms with Gasteiger partial charge in [-0.05, 0) is 58.7 Å². The highest BCUT2D eigenvalue weighted by Crippen LogP contribution is 2.50. The van der Waals surface area contributed by atoms with Crippen molar-refractivity contribution in [2.24, 2.45) is 5.92 Å². The largest absolute Gasteiger partial charge is 0.508 e. The van der Waals surface area contributed by atoms with E-state index in [1.165, 1.54) is 48.5 Å². The highest BCUT2D eigenvalue weighted by Gasteiger charge is 2.47. The molecule has 17 heteroatoms. The lowest BCUT2D eigenvalue weighted by atomic mass is 9.77. The van der Waals surface area contributed by atoms with Gasteiger partial charge < -0.3 is 85.7 Å². The molecular formula is C40H44O17. The molecule has 2 aliphatic rings. The molecule has 0 saturated carbocycles. The lowest BCUT2D eigenvalue weighted by Crippen LogP contribution is -2.60. The summed E-state index contributed by atoms with van der Waals surface area (Å²) in [5, 5.41) is 149. The molecule has 0 spiro atoms. The molecule has 6 rings (SSSR count). The van der Waals surface area contributed by atoms with Crippen molar-refractivity contribution in [3.8, 4) is 34.5 Å². The molecule has 12 atom stereocenters. The van der Waals surface area contributed by atoms with Gasteiger partial charge >= 0.3 is 0 Å². The van der Waals surface area contributed by atoms with E-state index in [9.17, 15) is 71.5 Å². The summed E-state index contributed by atoms with van der Waals surface area (Å²) in [5.74, 6) is -4.88. The van der Waals surface area contributed by atoms with Crippen LogP contribution in [0.25, 0.3) is 12.2 Å². The van der Waals surface area contributed by atoms with Gasteiger partial charge in [-0.1, -0.05) is 36.4 Å². The van der Waals surface area contributed by atoms with Crippen LogP contribution < -0.4 is 4.74 Å². The molecule has 4 aromatic carbocycles. The topological polar surface area (TPSA) is 311 Å². The van der Waals surface area contributed by atoms with Gasteiger partial charge in [0.2, 0.25) is 6.29 Å². The van der Waals surface area contributed by atoms with Crippen LogP contribution >= 0.6 is 0 Å². The van der Waals surface area contributed by atoms with Crippen LogP contribution in [0.15, 0.2) is 72.8 Å². The number of rotatable bonds is 11. The molecule has 2 saturated heterocycles. The summed E-state index contributed by atoms with van der Waals surface area (Å²) in [5.41, 5.74) is 0.337. The van der Waals surface area contributed by atoms with Gasteiger partial charge in [0.25, 0.3) is 0 Å². The maximum atomic E-state index is 12.5. The van der Waals surface area contributed by atoms with E-state index in [0.717, 1.165) is 18.2 Å². The maximum Gasteiger partial charge on any atom is 0.229 e. The monoisotopic (exact) mass is 796 g/mol. The van der Waals surface area contributed by atoms with Crippen molar-refractivity contribution < 1.29 is 85.7 Å². The molecule has 2 fully saturated rings. The van der Waals surface area contributed by atoms with Gasteiger partial charge in [-0.2, -0.15) is 0 Å². The van der Waals surface area contributed by atoms with E-state index in [4.69, 9.17) is 14.2 Å². The standard InChI is InChI=1S/C40H44O17/c41-15-25-33(49)36(52)39(54)57-38(25)31-24(12-22(45)13-26(31)46)32(48)30(18-5-9-21(44)10-6-18)29-19(4-1-17-2-7-20(43)8-3-17)11-23(14-27(29)47)55-40-37(53)35(51)34(50)28(16-42)56-40/h1-14,25,28,30,32-54H,15-16H2. The fourth-order valence-corrected chi connectivity index (χ4v) is 7.23. The van der Waals surface area contributed by atoms with E-state index < -0.39 is 104 Å². The lowest BCUT2D eigenvalue weighted by molar-refractivity contribution is -0.277. The molecule has 0 aromatic heterocycles. The molecule has 306 valence electrons. The summed E-state index contributed by atoms with van der Waals surface area (Å²) in [4.78, 5) is 0. The van der Waals surface area contributed by atoms with Crippen LogP contribution in [0, 0.1) is 5.92 Å².